The topological polar surface area (TPSA) is 61.4 Å². The number of fused-ring (bicyclic) bond motifs is 1. The normalized spacial score (nSPS) is 23.7. The number of amides is 2. The summed E-state index contributed by atoms with van der Waals surface area (Å²) in [5.74, 6) is -0.824. The molecule has 1 unspecified atom stereocenters. The van der Waals surface area contributed by atoms with Crippen LogP contribution in [0.2, 0.25) is 0 Å². The molecule has 2 rings (SSSR count). The van der Waals surface area contributed by atoms with Gasteiger partial charge >= 0.3 is 12.2 Å². The van der Waals surface area contributed by atoms with Gasteiger partial charge in [-0.1, -0.05) is 0 Å². The molecule has 0 spiro atoms. The molecule has 1 aromatic carbocycles. The number of hydrogen-bond acceptors (Lipinski definition) is 2. The number of carbonyl (C=O) groups excluding carboxylic acids is 1. The largest absolute Gasteiger partial charge is 0.441 e. The van der Waals surface area contributed by atoms with Gasteiger partial charge in [0.2, 0.25) is 0 Å². The van der Waals surface area contributed by atoms with Crippen LogP contribution in [0.4, 0.5) is 28.0 Å². The number of alkyl halides is 3. The Balaban J connectivity index is 2.63. The fourth-order valence-corrected chi connectivity index (χ4v) is 1.54. The van der Waals surface area contributed by atoms with Gasteiger partial charge in [0.15, 0.2) is 0 Å². The van der Waals surface area contributed by atoms with Crippen LogP contribution < -0.4 is 10.6 Å². The molecule has 0 fully saturated rings. The van der Waals surface area contributed by atoms with Gasteiger partial charge in [0.25, 0.3) is 5.72 Å². The summed E-state index contributed by atoms with van der Waals surface area (Å²) in [6, 6.07) is 0.951. The number of benzene rings is 1. The Bertz CT molecular complexity index is 488. The number of anilines is 1. The first-order valence-corrected chi connectivity index (χ1v) is 4.42. The van der Waals surface area contributed by atoms with Crippen LogP contribution in [0.5, 0.6) is 0 Å². The number of carbonyl (C=O) groups is 1. The highest BCUT2D eigenvalue weighted by Gasteiger charge is 2.59. The first-order chi connectivity index (χ1) is 7.74. The second-order valence-electron chi connectivity index (χ2n) is 3.48. The summed E-state index contributed by atoms with van der Waals surface area (Å²) in [5, 5.41) is 12.8. The number of nitrogens with one attached hydrogen (secondary N) is 2. The maximum atomic E-state index is 12.8. The van der Waals surface area contributed by atoms with Gasteiger partial charge in [0.1, 0.15) is 5.82 Å². The molecule has 0 saturated carbocycles. The van der Waals surface area contributed by atoms with Crippen LogP contribution in [0.15, 0.2) is 18.2 Å². The fourth-order valence-electron chi connectivity index (χ4n) is 1.54. The molecule has 1 aromatic rings. The van der Waals surface area contributed by atoms with E-state index in [0.29, 0.717) is 6.07 Å². The van der Waals surface area contributed by atoms with Crippen molar-refractivity contribution in [1.82, 2.24) is 5.32 Å². The average Bonchev–Trinajstić information content (AvgIpc) is 2.14. The van der Waals surface area contributed by atoms with Gasteiger partial charge in [-0.2, -0.15) is 13.2 Å². The minimum atomic E-state index is -5.11. The van der Waals surface area contributed by atoms with Gasteiger partial charge in [-0.05, 0) is 18.2 Å². The summed E-state index contributed by atoms with van der Waals surface area (Å²) in [5.41, 5.74) is -4.60. The third-order valence-corrected chi connectivity index (χ3v) is 2.32. The molecular formula is C9H6F4N2O2. The molecule has 1 aliphatic rings. The lowest BCUT2D eigenvalue weighted by atomic mass is 9.98. The van der Waals surface area contributed by atoms with E-state index in [1.54, 1.807) is 0 Å². The molecule has 3 N–H and O–H groups in total. The van der Waals surface area contributed by atoms with Crippen molar-refractivity contribution in [2.24, 2.45) is 0 Å². The van der Waals surface area contributed by atoms with E-state index in [1.165, 1.54) is 5.32 Å². The van der Waals surface area contributed by atoms with Crippen LogP contribution in [-0.4, -0.2) is 17.3 Å². The Labute approximate surface area is 92.2 Å². The van der Waals surface area contributed by atoms with Crippen LogP contribution in [-0.2, 0) is 5.72 Å². The number of rotatable bonds is 0. The Hall–Kier alpha value is -1.83. The van der Waals surface area contributed by atoms with Crippen molar-refractivity contribution in [1.29, 1.82) is 0 Å². The Morgan fingerprint density at radius 1 is 1.29 bits per heavy atom. The van der Waals surface area contributed by atoms with Crippen molar-refractivity contribution < 1.29 is 27.5 Å². The molecule has 0 radical (unpaired) electrons. The van der Waals surface area contributed by atoms with Gasteiger partial charge in [0, 0.05) is 5.56 Å². The first kappa shape index (κ1) is 11.6. The van der Waals surface area contributed by atoms with E-state index in [-0.39, 0.29) is 0 Å². The summed E-state index contributed by atoms with van der Waals surface area (Å²) in [4.78, 5) is 11.0. The van der Waals surface area contributed by atoms with E-state index in [0.717, 1.165) is 12.1 Å². The molecular weight excluding hydrogens is 244 g/mol. The van der Waals surface area contributed by atoms with Crippen LogP contribution >= 0.6 is 0 Å². The molecule has 0 aromatic heterocycles. The fraction of sp³-hybridized carbons (Fsp3) is 0.222. The van der Waals surface area contributed by atoms with E-state index in [2.05, 4.69) is 0 Å². The summed E-state index contributed by atoms with van der Waals surface area (Å²) < 4.78 is 50.9. The standard InChI is InChI=1S/C9H6F4N2O2/c10-4-1-2-5-6(3-4)14-7(16)15-8(5,17)9(11,12)13/h1-3,17H,(H2,14,15,16). The van der Waals surface area contributed by atoms with E-state index >= 15 is 0 Å². The van der Waals surface area contributed by atoms with Gasteiger partial charge in [0.05, 0.1) is 5.69 Å². The third kappa shape index (κ3) is 1.70. The summed E-state index contributed by atoms with van der Waals surface area (Å²) >= 11 is 0. The average molecular weight is 250 g/mol. The molecule has 1 heterocycles. The predicted octanol–water partition coefficient (Wildman–Crippen LogP) is 1.67. The van der Waals surface area contributed by atoms with E-state index in [1.807, 2.05) is 5.32 Å². The summed E-state index contributed by atoms with van der Waals surface area (Å²) in [6.07, 6.45) is -5.11. The summed E-state index contributed by atoms with van der Waals surface area (Å²) in [7, 11) is 0. The van der Waals surface area contributed by atoms with Gasteiger partial charge in [-0.15, -0.1) is 0 Å². The zero-order valence-corrected chi connectivity index (χ0v) is 8.10. The highest BCUT2D eigenvalue weighted by atomic mass is 19.4. The zero-order valence-electron chi connectivity index (χ0n) is 8.10. The minimum Gasteiger partial charge on any atom is -0.360 e. The second-order valence-corrected chi connectivity index (χ2v) is 3.48. The van der Waals surface area contributed by atoms with Crippen LogP contribution in [0.25, 0.3) is 0 Å². The van der Waals surface area contributed by atoms with Crippen molar-refractivity contribution in [2.75, 3.05) is 5.32 Å². The predicted molar refractivity (Wildman–Crippen MR) is 48.5 cm³/mol. The van der Waals surface area contributed by atoms with Gasteiger partial charge in [-0.25, -0.2) is 9.18 Å². The monoisotopic (exact) mass is 250 g/mol. The molecule has 0 bridgehead atoms. The van der Waals surface area contributed by atoms with Crippen molar-refractivity contribution in [3.05, 3.63) is 29.6 Å². The molecule has 2 amide bonds. The highest BCUT2D eigenvalue weighted by molar-refractivity contribution is 5.93. The van der Waals surface area contributed by atoms with Gasteiger partial charge in [-0.3, -0.25) is 5.32 Å². The van der Waals surface area contributed by atoms with Crippen molar-refractivity contribution in [3.8, 4) is 0 Å². The SMILES string of the molecule is O=C1Nc2cc(F)ccc2C(O)(C(F)(F)F)N1. The highest BCUT2D eigenvalue weighted by Crippen LogP contribution is 2.41. The van der Waals surface area contributed by atoms with E-state index in [9.17, 15) is 27.5 Å². The lowest BCUT2D eigenvalue weighted by Crippen LogP contribution is -2.60. The molecule has 1 atom stereocenters. The van der Waals surface area contributed by atoms with Crippen molar-refractivity contribution in [2.45, 2.75) is 11.9 Å². The maximum Gasteiger partial charge on any atom is 0.441 e. The lowest BCUT2D eigenvalue weighted by molar-refractivity contribution is -0.274. The van der Waals surface area contributed by atoms with E-state index in [4.69, 9.17) is 0 Å². The molecule has 0 aliphatic carbocycles. The minimum absolute atomic E-state index is 0.423. The smallest absolute Gasteiger partial charge is 0.360 e. The van der Waals surface area contributed by atoms with Crippen LogP contribution in [0, 0.1) is 5.82 Å². The second kappa shape index (κ2) is 3.33. The molecule has 92 valence electrons. The van der Waals surface area contributed by atoms with Crippen molar-refractivity contribution in [3.63, 3.8) is 0 Å². The molecule has 0 saturated heterocycles. The van der Waals surface area contributed by atoms with Gasteiger partial charge < -0.3 is 10.4 Å². The quantitative estimate of drug-likeness (QED) is 0.613. The first-order valence-electron chi connectivity index (χ1n) is 4.42. The van der Waals surface area contributed by atoms with E-state index < -0.39 is 35.0 Å². The Morgan fingerprint density at radius 3 is 2.53 bits per heavy atom. The molecule has 4 nitrogen and oxygen atoms in total. The van der Waals surface area contributed by atoms with Crippen LogP contribution in [0.3, 0.4) is 0 Å². The number of halogens is 4. The Kier molecular flexibility index (Phi) is 2.28. The Morgan fingerprint density at radius 2 is 1.94 bits per heavy atom. The number of urea groups is 1. The number of hydrogen-bond donors (Lipinski definition) is 3. The zero-order chi connectivity index (χ0) is 12.8. The molecule has 17 heavy (non-hydrogen) atoms. The van der Waals surface area contributed by atoms with Crippen LogP contribution in [0.1, 0.15) is 5.56 Å². The maximum absolute atomic E-state index is 12.8. The molecule has 8 heteroatoms. The lowest BCUT2D eigenvalue weighted by Gasteiger charge is -2.36. The van der Waals surface area contributed by atoms with Crippen molar-refractivity contribution >= 4 is 11.7 Å². The summed E-state index contributed by atoms with van der Waals surface area (Å²) in [6.45, 7) is 0. The molecule has 1 aliphatic heterocycles. The number of aliphatic hydroxyl groups is 1. The third-order valence-electron chi connectivity index (χ3n) is 2.32.